The predicted octanol–water partition coefficient (Wildman–Crippen LogP) is 4.76. The lowest BCUT2D eigenvalue weighted by atomic mass is 10.1. The molecule has 106 valence electrons. The molecule has 2 N–H and O–H groups in total. The van der Waals surface area contributed by atoms with Crippen LogP contribution < -0.4 is 5.32 Å². The van der Waals surface area contributed by atoms with Crippen LogP contribution in [0.15, 0.2) is 59.2 Å². The standard InChI is InChI=1S/C17H16BrN3/c1-12-10-13(2-7-16(12)18)11-19-15-5-3-14(4-6-15)17-8-9-20-21-17/h2-10,19H,11H2,1H3,(H,20,21). The van der Waals surface area contributed by atoms with Crippen LogP contribution in [-0.2, 0) is 6.54 Å². The highest BCUT2D eigenvalue weighted by Crippen LogP contribution is 2.20. The largest absolute Gasteiger partial charge is 0.381 e. The van der Waals surface area contributed by atoms with E-state index in [0.717, 1.165) is 28.0 Å². The fourth-order valence-corrected chi connectivity index (χ4v) is 2.45. The SMILES string of the molecule is Cc1cc(CNc2ccc(-c3ccn[nH]3)cc2)ccc1Br. The van der Waals surface area contributed by atoms with Crippen molar-refractivity contribution in [3.05, 3.63) is 70.3 Å². The Morgan fingerprint density at radius 3 is 2.57 bits per heavy atom. The number of nitrogens with one attached hydrogen (secondary N) is 2. The molecule has 0 saturated heterocycles. The van der Waals surface area contributed by atoms with E-state index in [1.165, 1.54) is 11.1 Å². The molecule has 3 aromatic rings. The molecule has 0 unspecified atom stereocenters. The number of rotatable bonds is 4. The molecule has 0 aliphatic rings. The van der Waals surface area contributed by atoms with Crippen LogP contribution in [-0.4, -0.2) is 10.2 Å². The van der Waals surface area contributed by atoms with Crippen molar-refractivity contribution in [3.63, 3.8) is 0 Å². The molecule has 0 saturated carbocycles. The van der Waals surface area contributed by atoms with Gasteiger partial charge in [0.2, 0.25) is 0 Å². The molecule has 0 fully saturated rings. The molecule has 0 radical (unpaired) electrons. The van der Waals surface area contributed by atoms with E-state index in [1.807, 2.05) is 6.07 Å². The second-order valence-corrected chi connectivity index (χ2v) is 5.84. The Kier molecular flexibility index (Phi) is 4.06. The van der Waals surface area contributed by atoms with Gasteiger partial charge in [0.25, 0.3) is 0 Å². The Labute approximate surface area is 132 Å². The Balaban J connectivity index is 1.66. The van der Waals surface area contributed by atoms with E-state index in [4.69, 9.17) is 0 Å². The lowest BCUT2D eigenvalue weighted by Gasteiger charge is -2.08. The third-order valence-corrected chi connectivity index (χ3v) is 4.31. The first-order chi connectivity index (χ1) is 10.2. The van der Waals surface area contributed by atoms with Gasteiger partial charge in [-0.2, -0.15) is 5.10 Å². The Morgan fingerprint density at radius 2 is 1.90 bits per heavy atom. The Morgan fingerprint density at radius 1 is 1.10 bits per heavy atom. The van der Waals surface area contributed by atoms with E-state index in [9.17, 15) is 0 Å². The highest BCUT2D eigenvalue weighted by Gasteiger charge is 2.00. The maximum absolute atomic E-state index is 3.97. The molecule has 0 bridgehead atoms. The minimum Gasteiger partial charge on any atom is -0.381 e. The third-order valence-electron chi connectivity index (χ3n) is 3.42. The van der Waals surface area contributed by atoms with Crippen LogP contribution in [0.4, 0.5) is 5.69 Å². The highest BCUT2D eigenvalue weighted by molar-refractivity contribution is 9.10. The third kappa shape index (κ3) is 3.34. The lowest BCUT2D eigenvalue weighted by molar-refractivity contribution is 1.09. The first-order valence-electron chi connectivity index (χ1n) is 6.81. The van der Waals surface area contributed by atoms with E-state index in [0.29, 0.717) is 0 Å². The maximum Gasteiger partial charge on any atom is 0.0650 e. The summed E-state index contributed by atoms with van der Waals surface area (Å²) in [6.45, 7) is 2.92. The van der Waals surface area contributed by atoms with Crippen molar-refractivity contribution in [3.8, 4) is 11.3 Å². The minimum absolute atomic E-state index is 0.817. The summed E-state index contributed by atoms with van der Waals surface area (Å²) >= 11 is 3.52. The number of H-pyrrole nitrogens is 1. The van der Waals surface area contributed by atoms with Crippen LogP contribution >= 0.6 is 15.9 Å². The van der Waals surface area contributed by atoms with Crippen LogP contribution in [0.2, 0.25) is 0 Å². The molecule has 1 aromatic heterocycles. The highest BCUT2D eigenvalue weighted by atomic mass is 79.9. The van der Waals surface area contributed by atoms with Crippen LogP contribution in [0.25, 0.3) is 11.3 Å². The first-order valence-corrected chi connectivity index (χ1v) is 7.60. The molecule has 21 heavy (non-hydrogen) atoms. The number of benzene rings is 2. The smallest absolute Gasteiger partial charge is 0.0650 e. The van der Waals surface area contributed by atoms with Crippen molar-refractivity contribution < 1.29 is 0 Å². The molecular weight excluding hydrogens is 326 g/mol. The molecule has 0 spiro atoms. The van der Waals surface area contributed by atoms with Crippen LogP contribution in [0.5, 0.6) is 0 Å². The van der Waals surface area contributed by atoms with Gasteiger partial charge in [-0.3, -0.25) is 5.10 Å². The molecule has 0 amide bonds. The molecular formula is C17H16BrN3. The first kappa shape index (κ1) is 13.9. The van der Waals surface area contributed by atoms with Gasteiger partial charge in [-0.25, -0.2) is 0 Å². The summed E-state index contributed by atoms with van der Waals surface area (Å²) in [7, 11) is 0. The monoisotopic (exact) mass is 341 g/mol. The summed E-state index contributed by atoms with van der Waals surface area (Å²) in [5, 5.41) is 10.4. The van der Waals surface area contributed by atoms with Crippen molar-refractivity contribution in [2.45, 2.75) is 13.5 Å². The number of halogens is 1. The summed E-state index contributed by atoms with van der Waals surface area (Å²) in [4.78, 5) is 0. The second kappa shape index (κ2) is 6.14. The van der Waals surface area contributed by atoms with E-state index >= 15 is 0 Å². The number of anilines is 1. The zero-order valence-electron chi connectivity index (χ0n) is 11.7. The minimum atomic E-state index is 0.817. The molecule has 0 aliphatic heterocycles. The van der Waals surface area contributed by atoms with Gasteiger partial charge in [0.15, 0.2) is 0 Å². The Hall–Kier alpha value is -2.07. The van der Waals surface area contributed by atoms with Crippen LogP contribution in [0.1, 0.15) is 11.1 Å². The van der Waals surface area contributed by atoms with Gasteiger partial charge in [0.05, 0.1) is 5.69 Å². The van der Waals surface area contributed by atoms with Gasteiger partial charge < -0.3 is 5.32 Å². The van der Waals surface area contributed by atoms with Crippen molar-refractivity contribution in [2.24, 2.45) is 0 Å². The normalized spacial score (nSPS) is 10.6. The van der Waals surface area contributed by atoms with Crippen LogP contribution in [0, 0.1) is 6.92 Å². The van der Waals surface area contributed by atoms with Crippen molar-refractivity contribution in [2.75, 3.05) is 5.32 Å². The fourth-order valence-electron chi connectivity index (χ4n) is 2.21. The van der Waals surface area contributed by atoms with E-state index in [2.05, 4.69) is 80.8 Å². The van der Waals surface area contributed by atoms with Crippen molar-refractivity contribution in [1.82, 2.24) is 10.2 Å². The maximum atomic E-state index is 3.97. The van der Waals surface area contributed by atoms with Gasteiger partial charge in [-0.1, -0.05) is 40.2 Å². The van der Waals surface area contributed by atoms with Gasteiger partial charge in [0, 0.05) is 22.9 Å². The van der Waals surface area contributed by atoms with E-state index in [-0.39, 0.29) is 0 Å². The number of hydrogen-bond donors (Lipinski definition) is 2. The van der Waals surface area contributed by atoms with Crippen molar-refractivity contribution in [1.29, 1.82) is 0 Å². The summed E-state index contributed by atoms with van der Waals surface area (Å²) in [5.74, 6) is 0. The van der Waals surface area contributed by atoms with E-state index < -0.39 is 0 Å². The lowest BCUT2D eigenvalue weighted by Crippen LogP contribution is -1.99. The molecule has 0 atom stereocenters. The zero-order valence-corrected chi connectivity index (χ0v) is 13.3. The summed E-state index contributed by atoms with van der Waals surface area (Å²) in [6, 6.07) is 16.7. The quantitative estimate of drug-likeness (QED) is 0.718. The molecule has 3 nitrogen and oxygen atoms in total. The second-order valence-electron chi connectivity index (χ2n) is 4.98. The number of hydrogen-bond acceptors (Lipinski definition) is 2. The predicted molar refractivity (Wildman–Crippen MR) is 90.2 cm³/mol. The fraction of sp³-hybridized carbons (Fsp3) is 0.118. The number of aryl methyl sites for hydroxylation is 1. The van der Waals surface area contributed by atoms with E-state index in [1.54, 1.807) is 6.20 Å². The van der Waals surface area contributed by atoms with Crippen LogP contribution in [0.3, 0.4) is 0 Å². The Bertz CT molecular complexity index is 718. The van der Waals surface area contributed by atoms with Gasteiger partial charge in [-0.15, -0.1) is 0 Å². The molecule has 3 rings (SSSR count). The van der Waals surface area contributed by atoms with Crippen molar-refractivity contribution >= 4 is 21.6 Å². The number of aromatic nitrogens is 2. The molecule has 0 aliphatic carbocycles. The zero-order chi connectivity index (χ0) is 14.7. The number of nitrogens with zero attached hydrogens (tertiary/aromatic N) is 1. The molecule has 4 heteroatoms. The summed E-state index contributed by atoms with van der Waals surface area (Å²) in [5.41, 5.74) is 5.80. The van der Waals surface area contributed by atoms with Gasteiger partial charge in [0.1, 0.15) is 0 Å². The topological polar surface area (TPSA) is 40.7 Å². The van der Waals surface area contributed by atoms with Gasteiger partial charge >= 0.3 is 0 Å². The number of aromatic amines is 1. The van der Waals surface area contributed by atoms with Gasteiger partial charge in [-0.05, 0) is 47.9 Å². The molecule has 2 aromatic carbocycles. The summed E-state index contributed by atoms with van der Waals surface area (Å²) in [6.07, 6.45) is 1.76. The summed E-state index contributed by atoms with van der Waals surface area (Å²) < 4.78 is 1.15. The average Bonchev–Trinajstić information content (AvgIpc) is 3.03. The average molecular weight is 342 g/mol. The molecule has 1 heterocycles.